The van der Waals surface area contributed by atoms with Gasteiger partial charge in [0, 0.05) is 39.8 Å². The average Bonchev–Trinajstić information content (AvgIpc) is 2.58. The van der Waals surface area contributed by atoms with Crippen molar-refractivity contribution in [2.45, 2.75) is 38.3 Å². The molecule has 3 unspecified atom stereocenters. The average molecular weight is 336 g/mol. The first-order valence-corrected chi connectivity index (χ1v) is 9.24. The highest BCUT2D eigenvalue weighted by Crippen LogP contribution is 2.38. The van der Waals surface area contributed by atoms with Gasteiger partial charge in [-0.3, -0.25) is 4.21 Å². The normalized spacial score (nSPS) is 23.1. The van der Waals surface area contributed by atoms with Crippen LogP contribution in [-0.4, -0.2) is 22.3 Å². The Hall–Kier alpha value is 0.290. The quantitative estimate of drug-likeness (QED) is 0.915. The molecule has 1 N–H and O–H groups in total. The van der Waals surface area contributed by atoms with E-state index in [2.05, 4.69) is 34.2 Å². The number of thiophene rings is 1. The number of hydrogen-bond donors (Lipinski definition) is 1. The minimum Gasteiger partial charge on any atom is -0.306 e. The van der Waals surface area contributed by atoms with Gasteiger partial charge in [0.15, 0.2) is 0 Å². The molecule has 0 spiro atoms. The third-order valence-corrected chi connectivity index (χ3v) is 5.74. The second kappa shape index (κ2) is 5.95. The number of halogens is 1. The Morgan fingerprint density at radius 1 is 1.71 bits per heavy atom. The highest BCUT2D eigenvalue weighted by atomic mass is 79.9. The van der Waals surface area contributed by atoms with E-state index >= 15 is 0 Å². The van der Waals surface area contributed by atoms with Crippen molar-refractivity contribution in [1.82, 2.24) is 5.32 Å². The fourth-order valence-electron chi connectivity index (χ4n) is 2.44. The summed E-state index contributed by atoms with van der Waals surface area (Å²) in [6, 6.07) is 3.00. The van der Waals surface area contributed by atoms with Crippen LogP contribution < -0.4 is 5.32 Å². The van der Waals surface area contributed by atoms with E-state index in [1.165, 1.54) is 33.5 Å². The lowest BCUT2D eigenvalue weighted by Crippen LogP contribution is -2.35. The van der Waals surface area contributed by atoms with Gasteiger partial charge >= 0.3 is 0 Å². The topological polar surface area (TPSA) is 29.1 Å². The highest BCUT2D eigenvalue weighted by molar-refractivity contribution is 9.11. The van der Waals surface area contributed by atoms with Crippen LogP contribution >= 0.6 is 27.3 Å². The molecule has 0 saturated carbocycles. The molecule has 96 valence electrons. The molecular formula is C12H18BrNOS2. The molecular weight excluding hydrogens is 318 g/mol. The molecule has 0 amide bonds. The van der Waals surface area contributed by atoms with E-state index in [4.69, 9.17) is 0 Å². The van der Waals surface area contributed by atoms with Crippen LogP contribution in [0, 0.1) is 0 Å². The van der Waals surface area contributed by atoms with Crippen molar-refractivity contribution < 1.29 is 4.21 Å². The molecule has 3 atom stereocenters. The summed E-state index contributed by atoms with van der Waals surface area (Å²) in [6.45, 7) is 2.12. The third kappa shape index (κ3) is 3.63. The van der Waals surface area contributed by atoms with Gasteiger partial charge in [-0.2, -0.15) is 0 Å². The SMILES string of the molecule is CC(CS(C)=O)NC1CCCc2sc(Br)cc21. The summed E-state index contributed by atoms with van der Waals surface area (Å²) >= 11 is 5.42. The molecule has 1 heterocycles. The van der Waals surface area contributed by atoms with Crippen LogP contribution in [-0.2, 0) is 17.2 Å². The van der Waals surface area contributed by atoms with Crippen molar-refractivity contribution >= 4 is 38.1 Å². The Kier molecular flexibility index (Phi) is 4.80. The molecule has 17 heavy (non-hydrogen) atoms. The molecule has 0 fully saturated rings. The maximum absolute atomic E-state index is 11.2. The highest BCUT2D eigenvalue weighted by Gasteiger charge is 2.23. The summed E-state index contributed by atoms with van der Waals surface area (Å²) < 4.78 is 12.4. The largest absolute Gasteiger partial charge is 0.306 e. The van der Waals surface area contributed by atoms with E-state index < -0.39 is 10.8 Å². The Morgan fingerprint density at radius 2 is 2.47 bits per heavy atom. The summed E-state index contributed by atoms with van der Waals surface area (Å²) in [4.78, 5) is 1.51. The molecule has 1 aromatic heterocycles. The van der Waals surface area contributed by atoms with Crippen molar-refractivity contribution in [2.24, 2.45) is 0 Å². The second-order valence-electron chi connectivity index (χ2n) is 4.68. The van der Waals surface area contributed by atoms with Crippen LogP contribution in [0.25, 0.3) is 0 Å². The Bertz CT molecular complexity index is 419. The standard InChI is InChI=1S/C12H18BrNOS2/c1-8(7-17(2)15)14-10-4-3-5-11-9(10)6-12(13)16-11/h6,8,10,14H,3-5,7H2,1-2H3. The van der Waals surface area contributed by atoms with Crippen molar-refractivity contribution in [2.75, 3.05) is 12.0 Å². The Balaban J connectivity index is 2.05. The molecule has 0 aliphatic heterocycles. The zero-order valence-electron chi connectivity index (χ0n) is 10.2. The zero-order valence-corrected chi connectivity index (χ0v) is 13.4. The van der Waals surface area contributed by atoms with Crippen LogP contribution in [0.3, 0.4) is 0 Å². The van der Waals surface area contributed by atoms with Gasteiger partial charge in [-0.25, -0.2) is 0 Å². The molecule has 1 aliphatic rings. The summed E-state index contributed by atoms with van der Waals surface area (Å²) in [5, 5.41) is 3.61. The second-order valence-corrected chi connectivity index (χ2v) is 8.68. The molecule has 2 rings (SSSR count). The lowest BCUT2D eigenvalue weighted by Gasteiger charge is -2.26. The van der Waals surface area contributed by atoms with Crippen molar-refractivity contribution in [3.05, 3.63) is 20.3 Å². The van der Waals surface area contributed by atoms with Gasteiger partial charge in [-0.1, -0.05) is 0 Å². The molecule has 2 nitrogen and oxygen atoms in total. The fraction of sp³-hybridized carbons (Fsp3) is 0.667. The van der Waals surface area contributed by atoms with Gasteiger partial charge in [-0.15, -0.1) is 11.3 Å². The smallest absolute Gasteiger partial charge is 0.0704 e. The number of fused-ring (bicyclic) bond motifs is 1. The maximum Gasteiger partial charge on any atom is 0.0704 e. The van der Waals surface area contributed by atoms with Crippen molar-refractivity contribution in [1.29, 1.82) is 0 Å². The van der Waals surface area contributed by atoms with E-state index in [1.807, 2.05) is 11.3 Å². The minimum atomic E-state index is -0.722. The summed E-state index contributed by atoms with van der Waals surface area (Å²) in [5.74, 6) is 0.733. The number of aryl methyl sites for hydroxylation is 1. The number of hydrogen-bond acceptors (Lipinski definition) is 3. The third-order valence-electron chi connectivity index (χ3n) is 3.05. The lowest BCUT2D eigenvalue weighted by molar-refractivity contribution is 0.428. The van der Waals surface area contributed by atoms with Gasteiger partial charge in [0.25, 0.3) is 0 Å². The summed E-state index contributed by atoms with van der Waals surface area (Å²) in [5.41, 5.74) is 1.45. The summed E-state index contributed by atoms with van der Waals surface area (Å²) in [7, 11) is -0.722. The fourth-order valence-corrected chi connectivity index (χ4v) is 5.06. The van der Waals surface area contributed by atoms with Crippen LogP contribution in [0.1, 0.15) is 36.2 Å². The monoisotopic (exact) mass is 335 g/mol. The molecule has 0 saturated heterocycles. The van der Waals surface area contributed by atoms with E-state index in [0.29, 0.717) is 12.1 Å². The molecule has 1 aliphatic carbocycles. The summed E-state index contributed by atoms with van der Waals surface area (Å²) in [6.07, 6.45) is 5.42. The Morgan fingerprint density at radius 3 is 3.18 bits per heavy atom. The predicted octanol–water partition coefficient (Wildman–Crippen LogP) is 3.24. The Labute approximate surface area is 118 Å². The first kappa shape index (κ1) is 13.7. The molecule has 0 radical (unpaired) electrons. The molecule has 1 aromatic rings. The van der Waals surface area contributed by atoms with E-state index in [-0.39, 0.29) is 0 Å². The van der Waals surface area contributed by atoms with Gasteiger partial charge in [0.2, 0.25) is 0 Å². The molecule has 0 aromatic carbocycles. The van der Waals surface area contributed by atoms with Crippen molar-refractivity contribution in [3.63, 3.8) is 0 Å². The number of nitrogens with one attached hydrogen (secondary N) is 1. The van der Waals surface area contributed by atoms with Crippen LogP contribution in [0.5, 0.6) is 0 Å². The number of rotatable bonds is 4. The van der Waals surface area contributed by atoms with E-state index in [0.717, 1.165) is 5.75 Å². The molecule has 5 heteroatoms. The first-order chi connectivity index (χ1) is 8.06. The van der Waals surface area contributed by atoms with Gasteiger partial charge in [0.05, 0.1) is 3.79 Å². The van der Waals surface area contributed by atoms with E-state index in [1.54, 1.807) is 6.26 Å². The van der Waals surface area contributed by atoms with Crippen LogP contribution in [0.4, 0.5) is 0 Å². The minimum absolute atomic E-state index is 0.315. The zero-order chi connectivity index (χ0) is 12.4. The van der Waals surface area contributed by atoms with Crippen molar-refractivity contribution in [3.8, 4) is 0 Å². The van der Waals surface area contributed by atoms with Gasteiger partial charge < -0.3 is 5.32 Å². The predicted molar refractivity (Wildman–Crippen MR) is 79.2 cm³/mol. The van der Waals surface area contributed by atoms with Gasteiger partial charge in [-0.05, 0) is 53.7 Å². The van der Waals surface area contributed by atoms with Crippen LogP contribution in [0.2, 0.25) is 0 Å². The first-order valence-electron chi connectivity index (χ1n) is 5.90. The van der Waals surface area contributed by atoms with Gasteiger partial charge in [0.1, 0.15) is 0 Å². The maximum atomic E-state index is 11.2. The van der Waals surface area contributed by atoms with Crippen LogP contribution in [0.15, 0.2) is 9.85 Å². The van der Waals surface area contributed by atoms with E-state index in [9.17, 15) is 4.21 Å². The lowest BCUT2D eigenvalue weighted by atomic mass is 9.93. The molecule has 0 bridgehead atoms.